The van der Waals surface area contributed by atoms with Gasteiger partial charge >= 0.3 is 0 Å². The number of carbonyl (C=O) groups is 1. The second kappa shape index (κ2) is 12.0. The highest BCUT2D eigenvalue weighted by molar-refractivity contribution is 7.23. The molecule has 1 fully saturated rings. The van der Waals surface area contributed by atoms with Gasteiger partial charge in [0.25, 0.3) is 5.91 Å². The van der Waals surface area contributed by atoms with Gasteiger partial charge in [-0.05, 0) is 90.9 Å². The van der Waals surface area contributed by atoms with Crippen molar-refractivity contribution >= 4 is 33.1 Å². The number of nitrogens with zero attached hydrogens (tertiary/aromatic N) is 5. The number of aromatic nitrogens is 4. The van der Waals surface area contributed by atoms with Gasteiger partial charge in [0.15, 0.2) is 0 Å². The third-order valence-corrected chi connectivity index (χ3v) is 11.3. The molecule has 0 spiro atoms. The Bertz CT molecular complexity index is 2320. The number of ether oxygens (including phenoxy) is 1. The molecule has 12 heteroatoms. The Morgan fingerprint density at radius 3 is 2.68 bits per heavy atom. The van der Waals surface area contributed by atoms with E-state index in [-0.39, 0.29) is 29.6 Å². The van der Waals surface area contributed by atoms with Crippen molar-refractivity contribution in [2.24, 2.45) is 0 Å². The zero-order valence-electron chi connectivity index (χ0n) is 27.4. The van der Waals surface area contributed by atoms with E-state index in [0.29, 0.717) is 53.9 Å². The minimum Gasteiger partial charge on any atom is -0.496 e. The lowest BCUT2D eigenvalue weighted by atomic mass is 9.93. The van der Waals surface area contributed by atoms with Crippen LogP contribution in [-0.2, 0) is 19.3 Å². The van der Waals surface area contributed by atoms with Crippen LogP contribution >= 0.6 is 11.3 Å². The number of nitrogens with one attached hydrogen (secondary N) is 1. The first-order valence-corrected chi connectivity index (χ1v) is 17.6. The first-order chi connectivity index (χ1) is 24.4. The smallest absolute Gasteiger partial charge is 0.257 e. The van der Waals surface area contributed by atoms with E-state index in [0.717, 1.165) is 74.3 Å². The quantitative estimate of drug-likeness (QED) is 0.171. The number of amides is 1. The molecule has 4 aromatic heterocycles. The van der Waals surface area contributed by atoms with E-state index in [9.17, 15) is 13.6 Å². The average molecular weight is 691 g/mol. The van der Waals surface area contributed by atoms with E-state index in [1.165, 1.54) is 29.5 Å². The second-order valence-corrected chi connectivity index (χ2v) is 14.1. The van der Waals surface area contributed by atoms with Gasteiger partial charge in [0.1, 0.15) is 23.2 Å². The van der Waals surface area contributed by atoms with Crippen molar-refractivity contribution in [3.8, 4) is 27.6 Å². The lowest BCUT2D eigenvalue weighted by molar-refractivity contribution is 0.0776. The zero-order chi connectivity index (χ0) is 34.1. The number of hydrogen-bond acceptors (Lipinski definition) is 9. The largest absolute Gasteiger partial charge is 0.496 e. The Morgan fingerprint density at radius 1 is 1.02 bits per heavy atom. The molecule has 1 unspecified atom stereocenters. The summed E-state index contributed by atoms with van der Waals surface area (Å²) in [5, 5.41) is 13.2. The van der Waals surface area contributed by atoms with Crippen LogP contribution in [0.25, 0.3) is 32.0 Å². The van der Waals surface area contributed by atoms with Gasteiger partial charge in [0.05, 0.1) is 46.4 Å². The van der Waals surface area contributed by atoms with Crippen molar-refractivity contribution in [1.29, 1.82) is 0 Å². The highest BCUT2D eigenvalue weighted by Crippen LogP contribution is 2.51. The molecule has 50 heavy (non-hydrogen) atoms. The van der Waals surface area contributed by atoms with Crippen LogP contribution in [0.15, 0.2) is 59.1 Å². The van der Waals surface area contributed by atoms with Crippen molar-refractivity contribution in [3.63, 3.8) is 0 Å². The van der Waals surface area contributed by atoms with Crippen molar-refractivity contribution in [2.75, 3.05) is 19.0 Å². The summed E-state index contributed by atoms with van der Waals surface area (Å²) >= 11 is 1.54. The summed E-state index contributed by atoms with van der Waals surface area (Å²) in [6.07, 6.45) is 6.19. The van der Waals surface area contributed by atoms with Gasteiger partial charge in [-0.2, -0.15) is 0 Å². The van der Waals surface area contributed by atoms with Gasteiger partial charge in [-0.3, -0.25) is 9.78 Å². The summed E-state index contributed by atoms with van der Waals surface area (Å²) in [7, 11) is 1.56. The number of methoxy groups -OCH3 is 1. The van der Waals surface area contributed by atoms with Crippen molar-refractivity contribution in [3.05, 3.63) is 106 Å². The van der Waals surface area contributed by atoms with E-state index in [4.69, 9.17) is 19.1 Å². The summed E-state index contributed by atoms with van der Waals surface area (Å²) < 4.78 is 40.8. The first-order valence-electron chi connectivity index (χ1n) is 16.8. The van der Waals surface area contributed by atoms with Gasteiger partial charge in [0.2, 0.25) is 11.8 Å². The predicted molar refractivity (Wildman–Crippen MR) is 185 cm³/mol. The van der Waals surface area contributed by atoms with Gasteiger partial charge < -0.3 is 19.4 Å². The molecule has 0 radical (unpaired) electrons. The van der Waals surface area contributed by atoms with Crippen LogP contribution in [0, 0.1) is 18.6 Å². The number of thiophene rings is 1. The fourth-order valence-corrected chi connectivity index (χ4v) is 9.03. The molecule has 1 amide bonds. The Morgan fingerprint density at radius 2 is 1.88 bits per heavy atom. The predicted octanol–water partition coefficient (Wildman–Crippen LogP) is 8.18. The molecule has 0 saturated carbocycles. The van der Waals surface area contributed by atoms with Gasteiger partial charge in [-0.15, -0.1) is 21.5 Å². The molecular weight excluding hydrogens is 659 g/mol. The van der Waals surface area contributed by atoms with Gasteiger partial charge in [-0.25, -0.2) is 13.8 Å². The molecule has 6 aromatic rings. The molecule has 1 aliphatic carbocycles. The molecule has 3 aliphatic rings. The second-order valence-electron chi connectivity index (χ2n) is 13.1. The summed E-state index contributed by atoms with van der Waals surface area (Å²) in [6, 6.07) is 13.3. The zero-order valence-corrected chi connectivity index (χ0v) is 28.2. The van der Waals surface area contributed by atoms with Crippen LogP contribution < -0.4 is 10.1 Å². The maximum atomic E-state index is 14.6. The normalized spacial score (nSPS) is 17.8. The molecule has 252 valence electrons. The van der Waals surface area contributed by atoms with E-state index in [2.05, 4.69) is 21.6 Å². The highest BCUT2D eigenvalue weighted by atomic mass is 32.1. The van der Waals surface area contributed by atoms with Crippen LogP contribution in [0.4, 0.5) is 14.6 Å². The molecule has 2 atom stereocenters. The van der Waals surface area contributed by atoms with Crippen molar-refractivity contribution < 1.29 is 22.7 Å². The van der Waals surface area contributed by atoms with E-state index < -0.39 is 0 Å². The molecule has 6 heterocycles. The molecule has 9 nitrogen and oxygen atoms in total. The first kappa shape index (κ1) is 30.8. The van der Waals surface area contributed by atoms with Crippen LogP contribution in [-0.4, -0.2) is 44.6 Å². The molecule has 2 aliphatic heterocycles. The van der Waals surface area contributed by atoms with Crippen molar-refractivity contribution in [2.45, 2.75) is 57.5 Å². The van der Waals surface area contributed by atoms with Crippen LogP contribution in [0.5, 0.6) is 5.75 Å². The fourth-order valence-electron chi connectivity index (χ4n) is 7.86. The number of rotatable bonds is 8. The molecule has 0 bridgehead atoms. The Kier molecular flexibility index (Phi) is 7.38. The number of halogens is 2. The van der Waals surface area contributed by atoms with E-state index in [1.807, 2.05) is 11.0 Å². The van der Waals surface area contributed by atoms with Crippen LogP contribution in [0.1, 0.15) is 75.7 Å². The molecule has 1 N–H and O–H groups in total. The molecule has 9 rings (SSSR count). The fraction of sp³-hybridized carbons (Fsp3) is 0.289. The monoisotopic (exact) mass is 690 g/mol. The van der Waals surface area contributed by atoms with Gasteiger partial charge in [0, 0.05) is 36.2 Å². The van der Waals surface area contributed by atoms with Crippen LogP contribution in [0.3, 0.4) is 0 Å². The summed E-state index contributed by atoms with van der Waals surface area (Å²) in [5.41, 5.74) is 6.33. The standard InChI is InChI=1S/C38H32F2N6O3S/c1-19-44-45-37(49-19)31-27(11-7-20-5-8-22(39)9-6-20)42-34-28-4-3-15-46(28)38(47)33(34)32(31)30-16-21-13-14-41-36(35(21)50-30)43-26-12-10-24-25(26)17-23(40)18-29(24)48-2/h5-6,8-9,13-14,16-18,26,28H,3-4,7,10-12,15H2,1-2H3,(H,41,43)/t26-,28?/m0/s1. The van der Waals surface area contributed by atoms with E-state index >= 15 is 0 Å². The maximum absolute atomic E-state index is 14.6. The minimum absolute atomic E-state index is 0.0416. The number of aryl methyl sites for hydroxylation is 3. The Labute approximate surface area is 290 Å². The molecule has 1 saturated heterocycles. The SMILES string of the molecule is COc1cc(F)cc2c1CC[C@@H]2Nc1nccc2cc(-c3c4c(nc(CCc5ccc(F)cc5)c3-c3nnc(C)o3)C3CCCN3C4=O)sc12. The average Bonchev–Trinajstić information content (AvgIpc) is 3.95. The maximum Gasteiger partial charge on any atom is 0.257 e. The minimum atomic E-state index is -0.338. The number of fused-ring (bicyclic) bond motifs is 5. The number of anilines is 1. The lowest BCUT2D eigenvalue weighted by Gasteiger charge is -2.16. The summed E-state index contributed by atoms with van der Waals surface area (Å²) in [6.45, 7) is 2.42. The Hall–Kier alpha value is -5.23. The lowest BCUT2D eigenvalue weighted by Crippen LogP contribution is -2.22. The topological polar surface area (TPSA) is 106 Å². The van der Waals surface area contributed by atoms with Gasteiger partial charge in [-0.1, -0.05) is 12.1 Å². The summed E-state index contributed by atoms with van der Waals surface area (Å²) in [4.78, 5) is 27.0. The third-order valence-electron chi connectivity index (χ3n) is 10.1. The number of carbonyl (C=O) groups excluding carboxylic acids is 1. The highest BCUT2D eigenvalue weighted by Gasteiger charge is 2.45. The molecule has 2 aromatic carbocycles. The number of benzene rings is 2. The van der Waals surface area contributed by atoms with E-state index in [1.54, 1.807) is 38.4 Å². The number of pyridine rings is 2. The van der Waals surface area contributed by atoms with Crippen molar-refractivity contribution in [1.82, 2.24) is 25.1 Å². The molecular formula is C38H32F2N6O3S. The Balaban J connectivity index is 1.20. The third kappa shape index (κ3) is 5.03. The number of hydrogen-bond donors (Lipinski definition) is 1. The van der Waals surface area contributed by atoms with Crippen LogP contribution in [0.2, 0.25) is 0 Å². The summed E-state index contributed by atoms with van der Waals surface area (Å²) in [5.74, 6) is 1.28.